The van der Waals surface area contributed by atoms with Gasteiger partial charge in [-0.25, -0.2) is 9.48 Å². The first-order chi connectivity index (χ1) is 18.1. The smallest absolute Gasteiger partial charge is 0.410 e. The fourth-order valence-corrected chi connectivity index (χ4v) is 6.72. The van der Waals surface area contributed by atoms with Crippen LogP contribution in [-0.4, -0.2) is 34.4 Å². The third-order valence-electron chi connectivity index (χ3n) is 6.93. The number of rotatable bonds is 5. The molecule has 2 aromatic heterocycles. The summed E-state index contributed by atoms with van der Waals surface area (Å²) in [6.45, 7) is 3.98. The Labute approximate surface area is 226 Å². The van der Waals surface area contributed by atoms with E-state index in [1.54, 1.807) is 37.3 Å². The molecule has 0 saturated heterocycles. The number of carbonyl (C=O) groups excluding carboxylic acids is 2. The molecule has 202 valence electrons. The first-order valence-electron chi connectivity index (χ1n) is 12.4. The van der Waals surface area contributed by atoms with Crippen molar-refractivity contribution < 1.29 is 27.5 Å². The van der Waals surface area contributed by atoms with E-state index in [-0.39, 0.29) is 34.6 Å². The molecular formula is C26H26ClF3N4O3S. The average Bonchev–Trinajstić information content (AvgIpc) is 3.40. The number of ether oxygens (including phenoxy) is 1. The van der Waals surface area contributed by atoms with E-state index in [0.717, 1.165) is 28.0 Å². The zero-order valence-electron chi connectivity index (χ0n) is 20.7. The fourth-order valence-electron chi connectivity index (χ4n) is 5.06. The van der Waals surface area contributed by atoms with Gasteiger partial charge in [-0.05, 0) is 43.2 Å². The molecule has 3 atom stereocenters. The van der Waals surface area contributed by atoms with Crippen LogP contribution in [0.15, 0.2) is 30.3 Å². The Morgan fingerprint density at radius 1 is 1.29 bits per heavy atom. The molecule has 0 radical (unpaired) electrons. The number of amides is 1. The highest BCUT2D eigenvalue weighted by Gasteiger charge is 2.48. The van der Waals surface area contributed by atoms with Crippen molar-refractivity contribution in [2.75, 3.05) is 17.2 Å². The number of benzene rings is 1. The summed E-state index contributed by atoms with van der Waals surface area (Å²) in [5.74, 6) is -0.996. The molecule has 0 saturated carbocycles. The summed E-state index contributed by atoms with van der Waals surface area (Å²) in [6, 6.07) is 6.07. The van der Waals surface area contributed by atoms with Gasteiger partial charge in [-0.2, -0.15) is 18.3 Å². The number of fused-ring (bicyclic) bond motifs is 2. The minimum atomic E-state index is -4.62. The van der Waals surface area contributed by atoms with Gasteiger partial charge in [0.1, 0.15) is 15.8 Å². The number of halogens is 4. The number of nitrogens with zero attached hydrogens (tertiary/aromatic N) is 2. The van der Waals surface area contributed by atoms with Gasteiger partial charge in [-0.3, -0.25) is 4.79 Å². The van der Waals surface area contributed by atoms with Crippen LogP contribution in [0.4, 0.5) is 24.0 Å². The van der Waals surface area contributed by atoms with Crippen LogP contribution in [0, 0.1) is 5.92 Å². The van der Waals surface area contributed by atoms with Crippen LogP contribution in [0.1, 0.15) is 75.6 Å². The van der Waals surface area contributed by atoms with Gasteiger partial charge in [0.05, 0.1) is 18.2 Å². The number of nitrogens with one attached hydrogen (secondary N) is 2. The minimum Gasteiger partial charge on any atom is -0.462 e. The largest absolute Gasteiger partial charge is 0.462 e. The van der Waals surface area contributed by atoms with Crippen LogP contribution >= 0.6 is 22.9 Å². The van der Waals surface area contributed by atoms with Crippen molar-refractivity contribution in [2.45, 2.75) is 57.8 Å². The minimum absolute atomic E-state index is 0.0795. The van der Waals surface area contributed by atoms with E-state index in [0.29, 0.717) is 23.5 Å². The van der Waals surface area contributed by atoms with Crippen LogP contribution in [0.2, 0.25) is 5.02 Å². The molecule has 7 nitrogen and oxygen atoms in total. The standard InChI is InChI=1S/C26H26ClF3N4O3S/c1-3-37-25(36)19-15-10-9-13(2)11-17(15)38-24(19)32-23(35)21-20(27)22-31-16(14-7-5-4-6-8-14)12-18(26(28,29)30)34(22)33-21/h4-8,13,16,18,31H,3,9-12H2,1-2H3,(H,32,35)/t13-,16-,18-/m1/s1. The second-order valence-corrected chi connectivity index (χ2v) is 11.1. The number of thiophene rings is 1. The molecule has 5 rings (SSSR count). The number of hydrogen-bond acceptors (Lipinski definition) is 6. The lowest BCUT2D eigenvalue weighted by Crippen LogP contribution is -2.35. The van der Waals surface area contributed by atoms with E-state index >= 15 is 0 Å². The molecule has 1 aliphatic heterocycles. The summed E-state index contributed by atoms with van der Waals surface area (Å²) >= 11 is 7.76. The Bertz CT molecular complexity index is 1370. The van der Waals surface area contributed by atoms with E-state index in [4.69, 9.17) is 16.3 Å². The van der Waals surface area contributed by atoms with Crippen LogP contribution in [0.25, 0.3) is 0 Å². The molecule has 1 aromatic carbocycles. The molecule has 2 aliphatic rings. The predicted molar refractivity (Wildman–Crippen MR) is 139 cm³/mol. The number of hydrogen-bond donors (Lipinski definition) is 2. The molecule has 0 unspecified atom stereocenters. The summed E-state index contributed by atoms with van der Waals surface area (Å²) in [7, 11) is 0. The van der Waals surface area contributed by atoms with Gasteiger partial charge in [0.25, 0.3) is 5.91 Å². The number of anilines is 2. The lowest BCUT2D eigenvalue weighted by molar-refractivity contribution is -0.173. The highest BCUT2D eigenvalue weighted by atomic mass is 35.5. The molecule has 0 bridgehead atoms. The molecular weight excluding hydrogens is 541 g/mol. The Kier molecular flexibility index (Phi) is 7.17. The quantitative estimate of drug-likeness (QED) is 0.331. The van der Waals surface area contributed by atoms with Crippen molar-refractivity contribution >= 4 is 45.6 Å². The van der Waals surface area contributed by atoms with E-state index in [1.165, 1.54) is 11.3 Å². The van der Waals surface area contributed by atoms with Gasteiger partial charge in [-0.15, -0.1) is 11.3 Å². The molecule has 3 heterocycles. The molecule has 2 N–H and O–H groups in total. The summed E-state index contributed by atoms with van der Waals surface area (Å²) in [4.78, 5) is 27.1. The van der Waals surface area contributed by atoms with Crippen molar-refractivity contribution in [3.05, 3.63) is 62.6 Å². The monoisotopic (exact) mass is 566 g/mol. The maximum Gasteiger partial charge on any atom is 0.410 e. The third kappa shape index (κ3) is 4.89. The molecule has 1 amide bonds. The first-order valence-corrected chi connectivity index (χ1v) is 13.6. The highest BCUT2D eigenvalue weighted by molar-refractivity contribution is 7.17. The van der Waals surface area contributed by atoms with Crippen molar-refractivity contribution in [3.8, 4) is 0 Å². The lowest BCUT2D eigenvalue weighted by Gasteiger charge is -2.33. The maximum atomic E-state index is 14.1. The SMILES string of the molecule is CCOC(=O)c1c(NC(=O)c2nn3c(c2Cl)N[C@@H](c2ccccc2)C[C@@H]3C(F)(F)F)sc2c1CC[C@@H](C)C2. The number of aromatic nitrogens is 2. The van der Waals surface area contributed by atoms with Crippen LogP contribution < -0.4 is 10.6 Å². The Morgan fingerprint density at radius 3 is 2.71 bits per heavy atom. The van der Waals surface area contributed by atoms with Gasteiger partial charge >= 0.3 is 12.1 Å². The summed E-state index contributed by atoms with van der Waals surface area (Å²) in [5.41, 5.74) is 1.45. The zero-order valence-corrected chi connectivity index (χ0v) is 22.3. The predicted octanol–water partition coefficient (Wildman–Crippen LogP) is 6.81. The van der Waals surface area contributed by atoms with Crippen LogP contribution in [0.3, 0.4) is 0 Å². The first kappa shape index (κ1) is 26.6. The molecule has 3 aromatic rings. The third-order valence-corrected chi connectivity index (χ3v) is 8.46. The van der Waals surface area contributed by atoms with Gasteiger partial charge < -0.3 is 15.4 Å². The fraction of sp³-hybridized carbons (Fsp3) is 0.423. The molecule has 12 heteroatoms. The van der Waals surface area contributed by atoms with Crippen LogP contribution in [-0.2, 0) is 17.6 Å². The topological polar surface area (TPSA) is 85.2 Å². The van der Waals surface area contributed by atoms with Crippen LogP contribution in [0.5, 0.6) is 0 Å². The summed E-state index contributed by atoms with van der Waals surface area (Å²) in [6.07, 6.45) is -2.60. The van der Waals surface area contributed by atoms with Gasteiger partial charge in [0.15, 0.2) is 11.7 Å². The Balaban J connectivity index is 1.50. The van der Waals surface area contributed by atoms with Gasteiger partial charge in [0, 0.05) is 11.3 Å². The van der Waals surface area contributed by atoms with Crippen molar-refractivity contribution in [3.63, 3.8) is 0 Å². The molecule has 38 heavy (non-hydrogen) atoms. The zero-order chi connectivity index (χ0) is 27.2. The number of alkyl halides is 3. The van der Waals surface area contributed by atoms with Gasteiger partial charge in [-0.1, -0.05) is 48.9 Å². The number of esters is 1. The normalized spacial score (nSPS) is 20.7. The highest BCUT2D eigenvalue weighted by Crippen LogP contribution is 2.46. The second-order valence-electron chi connectivity index (χ2n) is 9.59. The van der Waals surface area contributed by atoms with E-state index in [2.05, 4.69) is 22.7 Å². The molecule has 0 fully saturated rings. The number of carbonyl (C=O) groups is 2. The maximum absolute atomic E-state index is 14.1. The molecule has 1 aliphatic carbocycles. The summed E-state index contributed by atoms with van der Waals surface area (Å²) < 4.78 is 48.3. The van der Waals surface area contributed by atoms with Crippen molar-refractivity contribution in [2.24, 2.45) is 5.92 Å². The van der Waals surface area contributed by atoms with Gasteiger partial charge in [0.2, 0.25) is 0 Å². The van der Waals surface area contributed by atoms with E-state index in [9.17, 15) is 22.8 Å². The van der Waals surface area contributed by atoms with E-state index < -0.39 is 30.1 Å². The summed E-state index contributed by atoms with van der Waals surface area (Å²) in [5, 5.41) is 9.80. The van der Waals surface area contributed by atoms with E-state index in [1.807, 2.05) is 0 Å². The van der Waals surface area contributed by atoms with Crippen molar-refractivity contribution in [1.82, 2.24) is 9.78 Å². The van der Waals surface area contributed by atoms with Crippen molar-refractivity contribution in [1.29, 1.82) is 0 Å². The average molecular weight is 567 g/mol. The Hall–Kier alpha value is -3.05. The lowest BCUT2D eigenvalue weighted by atomic mass is 9.88. The Morgan fingerprint density at radius 2 is 2.03 bits per heavy atom. The second kappa shape index (κ2) is 10.3. The molecule has 0 spiro atoms.